The number of hydrogen-bond donors (Lipinski definition) is 1. The van der Waals surface area contributed by atoms with Crippen molar-refractivity contribution in [1.29, 1.82) is 0 Å². The molecule has 0 aliphatic heterocycles. The van der Waals surface area contributed by atoms with Gasteiger partial charge < -0.3 is 10.5 Å². The summed E-state index contributed by atoms with van der Waals surface area (Å²) in [6, 6.07) is 12.1. The topological polar surface area (TPSA) is 69.4 Å². The normalized spacial score (nSPS) is 11.4. The average Bonchev–Trinajstić information content (AvgIpc) is 2.49. The van der Waals surface area contributed by atoms with Crippen LogP contribution in [-0.2, 0) is 22.1 Å². The molecule has 2 N–H and O–H groups in total. The Kier molecular flexibility index (Phi) is 4.65. The first-order valence-corrected chi connectivity index (χ1v) is 8.27. The van der Waals surface area contributed by atoms with E-state index in [1.165, 1.54) is 7.11 Å². The number of methoxy groups -OCH3 is 1. The Labute approximate surface area is 125 Å². The van der Waals surface area contributed by atoms with Gasteiger partial charge in [0.1, 0.15) is 5.75 Å². The molecule has 0 radical (unpaired) electrons. The summed E-state index contributed by atoms with van der Waals surface area (Å²) >= 11 is 0. The number of rotatable bonds is 5. The molecule has 0 bridgehead atoms. The van der Waals surface area contributed by atoms with Gasteiger partial charge in [-0.2, -0.15) is 0 Å². The number of nitrogens with two attached hydrogens (primary N) is 1. The Balaban J connectivity index is 2.32. The fourth-order valence-corrected chi connectivity index (χ4v) is 3.61. The Morgan fingerprint density at radius 2 is 1.90 bits per heavy atom. The first-order chi connectivity index (χ1) is 9.96. The fraction of sp³-hybridized carbons (Fsp3) is 0.250. The summed E-state index contributed by atoms with van der Waals surface area (Å²) in [6.45, 7) is 2.35. The highest BCUT2D eigenvalue weighted by atomic mass is 32.2. The van der Waals surface area contributed by atoms with Gasteiger partial charge in [-0.3, -0.25) is 0 Å². The molecule has 0 spiro atoms. The van der Waals surface area contributed by atoms with Crippen molar-refractivity contribution >= 4 is 9.84 Å². The van der Waals surface area contributed by atoms with Gasteiger partial charge in [-0.05, 0) is 41.8 Å². The highest BCUT2D eigenvalue weighted by molar-refractivity contribution is 7.90. The molecule has 5 heteroatoms. The second-order valence-electron chi connectivity index (χ2n) is 4.90. The van der Waals surface area contributed by atoms with Gasteiger partial charge in [0.25, 0.3) is 0 Å². The lowest BCUT2D eigenvalue weighted by atomic mass is 10.1. The van der Waals surface area contributed by atoms with Gasteiger partial charge in [-0.25, -0.2) is 8.42 Å². The highest BCUT2D eigenvalue weighted by Crippen LogP contribution is 2.22. The summed E-state index contributed by atoms with van der Waals surface area (Å²) in [5.74, 6) is 0.503. The maximum Gasteiger partial charge on any atom is 0.182 e. The second kappa shape index (κ2) is 6.28. The number of sulfone groups is 1. The van der Waals surface area contributed by atoms with E-state index in [1.54, 1.807) is 24.3 Å². The minimum atomic E-state index is -3.40. The third kappa shape index (κ3) is 3.62. The lowest BCUT2D eigenvalue weighted by molar-refractivity contribution is 0.413. The van der Waals surface area contributed by atoms with E-state index in [0.717, 1.165) is 16.7 Å². The number of benzene rings is 2. The largest absolute Gasteiger partial charge is 0.497 e. The van der Waals surface area contributed by atoms with E-state index < -0.39 is 9.84 Å². The number of ether oxygens (including phenoxy) is 1. The smallest absolute Gasteiger partial charge is 0.182 e. The van der Waals surface area contributed by atoms with Crippen LogP contribution in [0, 0.1) is 6.92 Å². The van der Waals surface area contributed by atoms with E-state index in [-0.39, 0.29) is 10.6 Å². The molecular formula is C16H19NO3S. The van der Waals surface area contributed by atoms with E-state index >= 15 is 0 Å². The third-order valence-corrected chi connectivity index (χ3v) is 5.05. The SMILES string of the molecule is COc1cccc(S(=O)(=O)Cc2ccc(CN)cc2C)c1. The van der Waals surface area contributed by atoms with Crippen LogP contribution < -0.4 is 10.5 Å². The summed E-state index contributed by atoms with van der Waals surface area (Å²) in [4.78, 5) is 0.268. The van der Waals surface area contributed by atoms with Gasteiger partial charge in [-0.1, -0.05) is 24.3 Å². The minimum Gasteiger partial charge on any atom is -0.497 e. The first-order valence-electron chi connectivity index (χ1n) is 6.61. The first kappa shape index (κ1) is 15.5. The van der Waals surface area contributed by atoms with Crippen molar-refractivity contribution in [2.75, 3.05) is 7.11 Å². The Morgan fingerprint density at radius 1 is 1.14 bits per heavy atom. The summed E-state index contributed by atoms with van der Waals surface area (Å²) in [5.41, 5.74) is 8.30. The molecule has 0 saturated heterocycles. The van der Waals surface area contributed by atoms with Gasteiger partial charge in [0.2, 0.25) is 0 Å². The molecule has 0 heterocycles. The van der Waals surface area contributed by atoms with Crippen molar-refractivity contribution in [1.82, 2.24) is 0 Å². The van der Waals surface area contributed by atoms with Crippen LogP contribution >= 0.6 is 0 Å². The minimum absolute atomic E-state index is 0.0309. The molecule has 0 saturated carbocycles. The zero-order valence-corrected chi connectivity index (χ0v) is 13.0. The van der Waals surface area contributed by atoms with Crippen LogP contribution in [0.1, 0.15) is 16.7 Å². The molecule has 21 heavy (non-hydrogen) atoms. The van der Waals surface area contributed by atoms with Crippen molar-refractivity contribution in [2.45, 2.75) is 24.1 Å². The third-order valence-electron chi connectivity index (χ3n) is 3.39. The van der Waals surface area contributed by atoms with Gasteiger partial charge in [-0.15, -0.1) is 0 Å². The Morgan fingerprint density at radius 3 is 2.52 bits per heavy atom. The molecule has 0 aliphatic rings. The molecule has 0 atom stereocenters. The van der Waals surface area contributed by atoms with Crippen molar-refractivity contribution in [3.8, 4) is 5.75 Å². The summed E-state index contributed by atoms with van der Waals surface area (Å²) in [6.07, 6.45) is 0. The summed E-state index contributed by atoms with van der Waals surface area (Å²) in [7, 11) is -1.88. The van der Waals surface area contributed by atoms with Gasteiger partial charge in [0.15, 0.2) is 9.84 Å². The quantitative estimate of drug-likeness (QED) is 0.921. The molecule has 0 amide bonds. The zero-order valence-electron chi connectivity index (χ0n) is 12.2. The fourth-order valence-electron chi connectivity index (χ4n) is 2.13. The second-order valence-corrected chi connectivity index (χ2v) is 6.89. The molecule has 0 unspecified atom stereocenters. The molecule has 0 aliphatic carbocycles. The molecule has 112 valence electrons. The Bertz CT molecular complexity index is 739. The number of aryl methyl sites for hydroxylation is 1. The van der Waals surface area contributed by atoms with Crippen LogP contribution in [0.25, 0.3) is 0 Å². The van der Waals surface area contributed by atoms with Crippen LogP contribution in [0.3, 0.4) is 0 Å². The molecule has 2 aromatic carbocycles. The standard InChI is InChI=1S/C16H19NO3S/c1-12-8-13(10-17)6-7-14(12)11-21(18,19)16-5-3-4-15(9-16)20-2/h3-9H,10-11,17H2,1-2H3. The molecule has 0 fully saturated rings. The van der Waals surface area contributed by atoms with Crippen LogP contribution in [0.2, 0.25) is 0 Å². The van der Waals surface area contributed by atoms with Crippen molar-refractivity contribution in [3.05, 3.63) is 59.2 Å². The van der Waals surface area contributed by atoms with E-state index in [4.69, 9.17) is 10.5 Å². The maximum absolute atomic E-state index is 12.5. The van der Waals surface area contributed by atoms with Crippen molar-refractivity contribution in [3.63, 3.8) is 0 Å². The average molecular weight is 305 g/mol. The molecule has 0 aromatic heterocycles. The van der Waals surface area contributed by atoms with E-state index in [2.05, 4.69) is 0 Å². The molecular weight excluding hydrogens is 286 g/mol. The predicted octanol–water partition coefficient (Wildman–Crippen LogP) is 2.44. The van der Waals surface area contributed by atoms with Crippen LogP contribution in [-0.4, -0.2) is 15.5 Å². The Hall–Kier alpha value is -1.85. The van der Waals surface area contributed by atoms with Crippen molar-refractivity contribution < 1.29 is 13.2 Å². The molecule has 2 aromatic rings. The summed E-state index contributed by atoms with van der Waals surface area (Å²) in [5, 5.41) is 0. The monoisotopic (exact) mass is 305 g/mol. The van der Waals surface area contributed by atoms with E-state index in [0.29, 0.717) is 12.3 Å². The van der Waals surface area contributed by atoms with Gasteiger partial charge in [0, 0.05) is 6.54 Å². The lowest BCUT2D eigenvalue weighted by Crippen LogP contribution is -2.07. The van der Waals surface area contributed by atoms with Gasteiger partial charge >= 0.3 is 0 Å². The molecule has 4 nitrogen and oxygen atoms in total. The maximum atomic E-state index is 12.5. The lowest BCUT2D eigenvalue weighted by Gasteiger charge is -2.10. The molecule has 2 rings (SSSR count). The van der Waals surface area contributed by atoms with Gasteiger partial charge in [0.05, 0.1) is 17.8 Å². The van der Waals surface area contributed by atoms with E-state index in [1.807, 2.05) is 25.1 Å². The highest BCUT2D eigenvalue weighted by Gasteiger charge is 2.17. The van der Waals surface area contributed by atoms with Crippen LogP contribution in [0.15, 0.2) is 47.4 Å². The van der Waals surface area contributed by atoms with Crippen molar-refractivity contribution in [2.24, 2.45) is 5.73 Å². The van der Waals surface area contributed by atoms with Crippen LogP contribution in [0.5, 0.6) is 5.75 Å². The van der Waals surface area contributed by atoms with E-state index in [9.17, 15) is 8.42 Å². The zero-order chi connectivity index (χ0) is 15.5. The number of hydrogen-bond acceptors (Lipinski definition) is 4. The van der Waals surface area contributed by atoms with Crippen LogP contribution in [0.4, 0.5) is 0 Å². The summed E-state index contributed by atoms with van der Waals surface area (Å²) < 4.78 is 30.1. The predicted molar refractivity (Wildman–Crippen MR) is 83.0 cm³/mol.